The molecule has 0 fully saturated rings. The second-order valence-electron chi connectivity index (χ2n) is 6.88. The summed E-state index contributed by atoms with van der Waals surface area (Å²) in [4.78, 5) is 4.80. The van der Waals surface area contributed by atoms with E-state index in [1.807, 2.05) is 54.6 Å². The molecule has 0 unspecified atom stereocenters. The Balaban J connectivity index is 1.55. The van der Waals surface area contributed by atoms with Crippen LogP contribution in [-0.4, -0.2) is 23.3 Å². The Hall–Kier alpha value is -3.53. The van der Waals surface area contributed by atoms with Crippen molar-refractivity contribution in [2.24, 2.45) is 0 Å². The van der Waals surface area contributed by atoms with E-state index in [0.717, 1.165) is 40.5 Å². The molecule has 0 aliphatic heterocycles. The predicted octanol–water partition coefficient (Wildman–Crippen LogP) is 5.60. The lowest BCUT2D eigenvalue weighted by Gasteiger charge is -2.10. The Morgan fingerprint density at radius 3 is 2.52 bits per heavy atom. The SMILES string of the molecule is COc1ccc(C=Cc2nc3ccccc3n2CCOc2cccc(C)c2)cc1. The highest BCUT2D eigenvalue weighted by molar-refractivity contribution is 5.79. The summed E-state index contributed by atoms with van der Waals surface area (Å²) in [5.41, 5.74) is 4.38. The Labute approximate surface area is 171 Å². The maximum Gasteiger partial charge on any atom is 0.133 e. The fourth-order valence-corrected chi connectivity index (χ4v) is 3.30. The summed E-state index contributed by atoms with van der Waals surface area (Å²) in [5.74, 6) is 2.65. The number of fused-ring (bicyclic) bond motifs is 1. The van der Waals surface area contributed by atoms with Gasteiger partial charge >= 0.3 is 0 Å². The summed E-state index contributed by atoms with van der Waals surface area (Å²) in [6, 6.07) is 24.3. The topological polar surface area (TPSA) is 36.3 Å². The second kappa shape index (κ2) is 8.65. The zero-order chi connectivity index (χ0) is 20.1. The number of aryl methyl sites for hydroxylation is 1. The largest absolute Gasteiger partial charge is 0.497 e. The van der Waals surface area contributed by atoms with E-state index < -0.39 is 0 Å². The van der Waals surface area contributed by atoms with Crippen LogP contribution in [0.25, 0.3) is 23.2 Å². The van der Waals surface area contributed by atoms with Crippen molar-refractivity contribution in [3.63, 3.8) is 0 Å². The van der Waals surface area contributed by atoms with Crippen LogP contribution in [-0.2, 0) is 6.54 Å². The van der Waals surface area contributed by atoms with Gasteiger partial charge in [-0.1, -0.05) is 42.5 Å². The molecule has 0 aliphatic rings. The zero-order valence-corrected chi connectivity index (χ0v) is 16.7. The van der Waals surface area contributed by atoms with E-state index in [0.29, 0.717) is 6.61 Å². The molecule has 1 heterocycles. The number of hydrogen-bond donors (Lipinski definition) is 0. The molecule has 0 aliphatic carbocycles. The lowest BCUT2D eigenvalue weighted by Crippen LogP contribution is -2.09. The molecule has 29 heavy (non-hydrogen) atoms. The quantitative estimate of drug-likeness (QED) is 0.416. The first-order valence-electron chi connectivity index (χ1n) is 9.70. The molecule has 0 radical (unpaired) electrons. The van der Waals surface area contributed by atoms with Gasteiger partial charge in [0.1, 0.15) is 23.9 Å². The van der Waals surface area contributed by atoms with Gasteiger partial charge in [-0.15, -0.1) is 0 Å². The monoisotopic (exact) mass is 384 g/mol. The van der Waals surface area contributed by atoms with E-state index in [1.165, 1.54) is 5.56 Å². The number of rotatable bonds is 7. The number of methoxy groups -OCH3 is 1. The summed E-state index contributed by atoms with van der Waals surface area (Å²) >= 11 is 0. The number of ether oxygens (including phenoxy) is 2. The molecule has 0 spiro atoms. The van der Waals surface area contributed by atoms with E-state index in [2.05, 4.69) is 41.8 Å². The van der Waals surface area contributed by atoms with Gasteiger partial charge in [-0.2, -0.15) is 0 Å². The normalized spacial score (nSPS) is 11.2. The average molecular weight is 384 g/mol. The minimum Gasteiger partial charge on any atom is -0.497 e. The van der Waals surface area contributed by atoms with Gasteiger partial charge < -0.3 is 14.0 Å². The van der Waals surface area contributed by atoms with Gasteiger partial charge in [-0.05, 0) is 60.5 Å². The van der Waals surface area contributed by atoms with Gasteiger partial charge in [0, 0.05) is 0 Å². The molecular formula is C25H24N2O2. The lowest BCUT2D eigenvalue weighted by atomic mass is 10.2. The number of imidazole rings is 1. The summed E-state index contributed by atoms with van der Waals surface area (Å²) in [7, 11) is 1.67. The maximum atomic E-state index is 5.97. The highest BCUT2D eigenvalue weighted by Crippen LogP contribution is 2.20. The van der Waals surface area contributed by atoms with Crippen LogP contribution in [0.15, 0.2) is 72.8 Å². The van der Waals surface area contributed by atoms with Crippen LogP contribution < -0.4 is 9.47 Å². The summed E-state index contributed by atoms with van der Waals surface area (Å²) < 4.78 is 13.4. The fourth-order valence-electron chi connectivity index (χ4n) is 3.30. The molecule has 0 bridgehead atoms. The molecular weight excluding hydrogens is 360 g/mol. The van der Waals surface area contributed by atoms with Crippen LogP contribution in [0.3, 0.4) is 0 Å². The first-order valence-corrected chi connectivity index (χ1v) is 9.70. The fraction of sp³-hybridized carbons (Fsp3) is 0.160. The van der Waals surface area contributed by atoms with Gasteiger partial charge in [0.05, 0.1) is 24.7 Å². The van der Waals surface area contributed by atoms with E-state index >= 15 is 0 Å². The zero-order valence-electron chi connectivity index (χ0n) is 16.7. The van der Waals surface area contributed by atoms with Crippen molar-refractivity contribution in [2.75, 3.05) is 13.7 Å². The van der Waals surface area contributed by atoms with Gasteiger partial charge in [0.2, 0.25) is 0 Å². The van der Waals surface area contributed by atoms with E-state index in [1.54, 1.807) is 7.11 Å². The van der Waals surface area contributed by atoms with Crippen molar-refractivity contribution in [1.29, 1.82) is 0 Å². The van der Waals surface area contributed by atoms with Crippen molar-refractivity contribution >= 4 is 23.2 Å². The van der Waals surface area contributed by atoms with Crippen molar-refractivity contribution in [2.45, 2.75) is 13.5 Å². The lowest BCUT2D eigenvalue weighted by molar-refractivity contribution is 0.299. The predicted molar refractivity (Wildman–Crippen MR) is 118 cm³/mol. The van der Waals surface area contributed by atoms with E-state index in [-0.39, 0.29) is 0 Å². The first-order chi connectivity index (χ1) is 14.2. The molecule has 0 atom stereocenters. The highest BCUT2D eigenvalue weighted by Gasteiger charge is 2.08. The highest BCUT2D eigenvalue weighted by atomic mass is 16.5. The minimum atomic E-state index is 0.577. The smallest absolute Gasteiger partial charge is 0.133 e. The third-order valence-corrected chi connectivity index (χ3v) is 4.80. The second-order valence-corrected chi connectivity index (χ2v) is 6.88. The van der Waals surface area contributed by atoms with Crippen LogP contribution in [0, 0.1) is 6.92 Å². The molecule has 4 rings (SSSR count). The molecule has 0 N–H and O–H groups in total. The Morgan fingerprint density at radius 1 is 0.897 bits per heavy atom. The summed E-state index contributed by atoms with van der Waals surface area (Å²) in [5, 5.41) is 0. The molecule has 1 aromatic heterocycles. The van der Waals surface area contributed by atoms with Gasteiger partial charge in [0.15, 0.2) is 0 Å². The molecule has 4 aromatic rings. The Kier molecular flexibility index (Phi) is 5.61. The standard InChI is InChI=1S/C25H24N2O2/c1-19-6-5-7-22(18-19)29-17-16-27-24-9-4-3-8-23(24)26-25(27)15-12-20-10-13-21(28-2)14-11-20/h3-15,18H,16-17H2,1-2H3. The Bertz CT molecular complexity index is 1130. The molecule has 3 aromatic carbocycles. The number of hydrogen-bond acceptors (Lipinski definition) is 3. The molecule has 0 saturated carbocycles. The maximum absolute atomic E-state index is 5.97. The van der Waals surface area contributed by atoms with Crippen LogP contribution in [0.2, 0.25) is 0 Å². The van der Waals surface area contributed by atoms with Crippen LogP contribution in [0.4, 0.5) is 0 Å². The van der Waals surface area contributed by atoms with Gasteiger partial charge in [-0.25, -0.2) is 4.98 Å². The molecule has 0 amide bonds. The number of aromatic nitrogens is 2. The average Bonchev–Trinajstić information content (AvgIpc) is 3.10. The first kappa shape index (κ1) is 18.8. The molecule has 4 nitrogen and oxygen atoms in total. The van der Waals surface area contributed by atoms with Crippen LogP contribution >= 0.6 is 0 Å². The number of benzene rings is 3. The molecule has 4 heteroatoms. The van der Waals surface area contributed by atoms with Crippen molar-refractivity contribution in [3.05, 3.63) is 89.7 Å². The summed E-state index contributed by atoms with van der Waals surface area (Å²) in [6.45, 7) is 3.36. The van der Waals surface area contributed by atoms with E-state index in [4.69, 9.17) is 14.5 Å². The molecule has 0 saturated heterocycles. The van der Waals surface area contributed by atoms with Crippen LogP contribution in [0.5, 0.6) is 11.5 Å². The third-order valence-electron chi connectivity index (χ3n) is 4.80. The number of para-hydroxylation sites is 2. The summed E-state index contributed by atoms with van der Waals surface area (Å²) in [6.07, 6.45) is 4.12. The van der Waals surface area contributed by atoms with E-state index in [9.17, 15) is 0 Å². The third kappa shape index (κ3) is 4.49. The Morgan fingerprint density at radius 2 is 1.72 bits per heavy atom. The van der Waals surface area contributed by atoms with Crippen molar-refractivity contribution < 1.29 is 9.47 Å². The number of nitrogens with zero attached hydrogens (tertiary/aromatic N) is 2. The van der Waals surface area contributed by atoms with Gasteiger partial charge in [-0.3, -0.25) is 0 Å². The van der Waals surface area contributed by atoms with Gasteiger partial charge in [0.25, 0.3) is 0 Å². The van der Waals surface area contributed by atoms with Crippen molar-refractivity contribution in [1.82, 2.24) is 9.55 Å². The van der Waals surface area contributed by atoms with Crippen LogP contribution in [0.1, 0.15) is 17.0 Å². The molecule has 146 valence electrons. The minimum absolute atomic E-state index is 0.577. The van der Waals surface area contributed by atoms with Crippen molar-refractivity contribution in [3.8, 4) is 11.5 Å².